The molecule has 10 nitrogen and oxygen atoms in total. The molecule has 0 saturated heterocycles. The van der Waals surface area contributed by atoms with Crippen LogP contribution in [-0.2, 0) is 14.4 Å². The second kappa shape index (κ2) is 10.2. The van der Waals surface area contributed by atoms with E-state index < -0.39 is 70.1 Å². The molecule has 5 aliphatic rings. The van der Waals surface area contributed by atoms with Gasteiger partial charge in [0.05, 0.1) is 18.3 Å². The van der Waals surface area contributed by atoms with E-state index in [9.17, 15) is 39.9 Å². The summed E-state index contributed by atoms with van der Waals surface area (Å²) in [5.74, 6) is -4.62. The highest BCUT2D eigenvalue weighted by Crippen LogP contribution is 2.58. The number of aliphatic hydroxyl groups excluding tert-OH is 4. The topological polar surface area (TPSA) is 190 Å². The molecule has 8 N–H and O–H groups in total. The zero-order chi connectivity index (χ0) is 29.3. The summed E-state index contributed by atoms with van der Waals surface area (Å²) in [5, 5.41) is 59.1. The van der Waals surface area contributed by atoms with Crippen molar-refractivity contribution in [2.24, 2.45) is 52.6 Å². The lowest BCUT2D eigenvalue weighted by atomic mass is 9.48. The maximum absolute atomic E-state index is 13.2. The number of primary amides is 1. The highest BCUT2D eigenvalue weighted by molar-refractivity contribution is 6.23. The summed E-state index contributed by atoms with van der Waals surface area (Å²) in [5.41, 5.74) is 2.72. The van der Waals surface area contributed by atoms with Gasteiger partial charge < -0.3 is 36.6 Å². The normalized spacial score (nSPS) is 43.7. The molecule has 0 aromatic rings. The van der Waals surface area contributed by atoms with Gasteiger partial charge in [0.15, 0.2) is 5.60 Å². The molecule has 40 heavy (non-hydrogen) atoms. The fourth-order valence-electron chi connectivity index (χ4n) is 8.73. The Morgan fingerprint density at radius 1 is 1.02 bits per heavy atom. The van der Waals surface area contributed by atoms with E-state index in [0.717, 1.165) is 31.4 Å². The molecule has 0 radical (unpaired) electrons. The first-order valence-corrected chi connectivity index (χ1v) is 14.7. The number of hydrogen-bond acceptors (Lipinski definition) is 8. The number of amides is 2. The molecule has 8 unspecified atom stereocenters. The Labute approximate surface area is 234 Å². The third kappa shape index (κ3) is 4.61. The van der Waals surface area contributed by atoms with Crippen LogP contribution < -0.4 is 11.1 Å². The first kappa shape index (κ1) is 29.2. The van der Waals surface area contributed by atoms with Crippen LogP contribution in [0.5, 0.6) is 0 Å². The SMILES string of the molecule is CC(C)(C)C(=O)NC1=CCC(C2CCC(O)C3C(O)C4C(O)[C@]5(O)C(=O)C(C(N)=O)=C(O)C[C@@H]5C[C@@H]4CC23)CC1. The molecular formula is C30H44N2O8. The predicted molar refractivity (Wildman–Crippen MR) is 144 cm³/mol. The van der Waals surface area contributed by atoms with Crippen LogP contribution in [0, 0.1) is 46.8 Å². The zero-order valence-electron chi connectivity index (χ0n) is 23.5. The highest BCUT2D eigenvalue weighted by Gasteiger charge is 2.65. The molecular weight excluding hydrogens is 516 g/mol. The van der Waals surface area contributed by atoms with Crippen molar-refractivity contribution in [3.05, 3.63) is 23.1 Å². The predicted octanol–water partition coefficient (Wildman–Crippen LogP) is 1.22. The van der Waals surface area contributed by atoms with Gasteiger partial charge in [-0.3, -0.25) is 14.4 Å². The maximum atomic E-state index is 13.2. The first-order chi connectivity index (χ1) is 18.7. The zero-order valence-corrected chi connectivity index (χ0v) is 23.5. The van der Waals surface area contributed by atoms with Gasteiger partial charge >= 0.3 is 0 Å². The molecule has 0 aromatic carbocycles. The van der Waals surface area contributed by atoms with E-state index >= 15 is 0 Å². The molecule has 0 heterocycles. The van der Waals surface area contributed by atoms with Crippen molar-refractivity contribution < 1.29 is 39.9 Å². The molecule has 0 aliphatic heterocycles. The number of carbonyl (C=O) groups excluding carboxylic acids is 3. The van der Waals surface area contributed by atoms with E-state index in [-0.39, 0.29) is 36.5 Å². The minimum atomic E-state index is -2.34. The van der Waals surface area contributed by atoms with E-state index in [2.05, 4.69) is 11.4 Å². The van der Waals surface area contributed by atoms with Crippen molar-refractivity contribution >= 4 is 17.6 Å². The Morgan fingerprint density at radius 3 is 2.33 bits per heavy atom. The van der Waals surface area contributed by atoms with Crippen LogP contribution in [0.1, 0.15) is 72.1 Å². The van der Waals surface area contributed by atoms with Gasteiger partial charge in [-0.1, -0.05) is 26.8 Å². The van der Waals surface area contributed by atoms with E-state index in [1.54, 1.807) is 0 Å². The number of Topliss-reactive ketones (excluding diaryl/α,β-unsaturated/α-hetero) is 1. The molecule has 5 rings (SSSR count). The standard InChI is InChI=1S/C30H44N2O8/c1-29(2,3)28(39)32-16-6-4-13(5-7-16)17-8-9-19(33)22-18(17)11-14-10-15-12-20(34)23(27(31)38)26(37)30(15,40)25(36)21(14)24(22)35/h6,13-15,17-19,21-22,24-25,33-36,40H,4-5,7-12H2,1-3H3,(H2,31,38)(H,32,39)/t13?,14-,15+,17?,18?,19?,21?,22?,24?,25?,30+/m1/s1. The molecule has 3 saturated carbocycles. The van der Waals surface area contributed by atoms with Crippen LogP contribution in [0.15, 0.2) is 23.1 Å². The Bertz CT molecular complexity index is 1140. The van der Waals surface area contributed by atoms with Crippen LogP contribution in [0.2, 0.25) is 0 Å². The number of aliphatic hydroxyl groups is 5. The molecule has 2 amide bonds. The summed E-state index contributed by atoms with van der Waals surface area (Å²) in [6.45, 7) is 5.64. The number of carbonyl (C=O) groups is 3. The lowest BCUT2D eigenvalue weighted by Gasteiger charge is -2.59. The molecule has 0 aromatic heterocycles. The average Bonchev–Trinajstić information content (AvgIpc) is 2.86. The third-order valence-electron chi connectivity index (χ3n) is 10.8. The van der Waals surface area contributed by atoms with Gasteiger partial charge in [0.2, 0.25) is 11.7 Å². The molecule has 3 fully saturated rings. The third-order valence-corrected chi connectivity index (χ3v) is 10.8. The molecule has 0 spiro atoms. The fourth-order valence-corrected chi connectivity index (χ4v) is 8.73. The number of nitrogens with one attached hydrogen (secondary N) is 1. The average molecular weight is 561 g/mol. The van der Waals surface area contributed by atoms with Gasteiger partial charge in [-0.05, 0) is 68.6 Å². The summed E-state index contributed by atoms with van der Waals surface area (Å²) in [7, 11) is 0. The van der Waals surface area contributed by atoms with Crippen LogP contribution in [0.25, 0.3) is 0 Å². The van der Waals surface area contributed by atoms with Crippen LogP contribution >= 0.6 is 0 Å². The summed E-state index contributed by atoms with van der Waals surface area (Å²) < 4.78 is 0. The van der Waals surface area contributed by atoms with Crippen LogP contribution in [0.4, 0.5) is 0 Å². The number of rotatable bonds is 3. The summed E-state index contributed by atoms with van der Waals surface area (Å²) in [6.07, 6.45) is 3.02. The highest BCUT2D eigenvalue weighted by atomic mass is 16.4. The Morgan fingerprint density at radius 2 is 1.73 bits per heavy atom. The Balaban J connectivity index is 1.37. The molecule has 10 heteroatoms. The molecule has 0 bridgehead atoms. The van der Waals surface area contributed by atoms with Crippen molar-refractivity contribution in [2.45, 2.75) is 96.1 Å². The van der Waals surface area contributed by atoms with E-state index in [1.165, 1.54) is 0 Å². The maximum Gasteiger partial charge on any atom is 0.255 e. The monoisotopic (exact) mass is 560 g/mol. The van der Waals surface area contributed by atoms with E-state index in [4.69, 9.17) is 5.73 Å². The second-order valence-electron chi connectivity index (χ2n) is 14.0. The number of allylic oxidation sites excluding steroid dienone is 3. The molecule has 5 aliphatic carbocycles. The minimum Gasteiger partial charge on any atom is -0.511 e. The quantitative estimate of drug-likeness (QED) is 0.251. The Hall–Kier alpha value is -2.27. The van der Waals surface area contributed by atoms with Gasteiger partial charge in [-0.2, -0.15) is 0 Å². The second-order valence-corrected chi connectivity index (χ2v) is 14.0. The number of ketones is 1. The Kier molecular flexibility index (Phi) is 7.47. The van der Waals surface area contributed by atoms with Crippen molar-refractivity contribution in [2.75, 3.05) is 0 Å². The number of fused-ring (bicyclic) bond motifs is 3. The van der Waals surface area contributed by atoms with Crippen molar-refractivity contribution in [3.8, 4) is 0 Å². The van der Waals surface area contributed by atoms with Crippen molar-refractivity contribution in [3.63, 3.8) is 0 Å². The lowest BCUT2D eigenvalue weighted by molar-refractivity contribution is -0.231. The lowest BCUT2D eigenvalue weighted by Crippen LogP contribution is -2.69. The van der Waals surface area contributed by atoms with E-state index in [1.807, 2.05) is 20.8 Å². The summed E-state index contributed by atoms with van der Waals surface area (Å²) in [4.78, 5) is 37.5. The van der Waals surface area contributed by atoms with Gasteiger partial charge in [0.1, 0.15) is 11.3 Å². The van der Waals surface area contributed by atoms with Crippen molar-refractivity contribution in [1.29, 1.82) is 0 Å². The van der Waals surface area contributed by atoms with E-state index in [0.29, 0.717) is 18.8 Å². The number of nitrogens with two attached hydrogens (primary N) is 1. The molecule has 222 valence electrons. The van der Waals surface area contributed by atoms with Gasteiger partial charge in [-0.15, -0.1) is 0 Å². The van der Waals surface area contributed by atoms with Crippen LogP contribution in [0.3, 0.4) is 0 Å². The largest absolute Gasteiger partial charge is 0.511 e. The van der Waals surface area contributed by atoms with Gasteiger partial charge in [0.25, 0.3) is 5.91 Å². The summed E-state index contributed by atoms with van der Waals surface area (Å²) in [6, 6.07) is 0. The number of hydrogen-bond donors (Lipinski definition) is 7. The van der Waals surface area contributed by atoms with Crippen molar-refractivity contribution in [1.82, 2.24) is 5.32 Å². The van der Waals surface area contributed by atoms with Gasteiger partial charge in [-0.25, -0.2) is 0 Å². The fraction of sp³-hybridized carbons (Fsp3) is 0.767. The molecule has 11 atom stereocenters. The smallest absolute Gasteiger partial charge is 0.255 e. The van der Waals surface area contributed by atoms with Gasteiger partial charge in [0, 0.05) is 35.3 Å². The van der Waals surface area contributed by atoms with Crippen LogP contribution in [-0.4, -0.2) is 67.0 Å². The minimum absolute atomic E-state index is 0.00730. The summed E-state index contributed by atoms with van der Waals surface area (Å²) >= 11 is 0. The first-order valence-electron chi connectivity index (χ1n) is 14.7.